The molecule has 0 spiro atoms. The number of aromatic nitrogens is 1. The van der Waals surface area contributed by atoms with E-state index in [1.807, 2.05) is 50.5 Å². The fraction of sp³-hybridized carbons (Fsp3) is 0.250. The van der Waals surface area contributed by atoms with Crippen LogP contribution in [0.15, 0.2) is 60.9 Å². The van der Waals surface area contributed by atoms with Crippen LogP contribution in [-0.4, -0.2) is 4.98 Å². The third-order valence-corrected chi connectivity index (χ3v) is 4.36. The van der Waals surface area contributed by atoms with Crippen LogP contribution in [0, 0.1) is 52.9 Å². The highest BCUT2D eigenvalue weighted by molar-refractivity contribution is 5.36. The molecule has 2 nitrogen and oxygen atoms in total. The predicted molar refractivity (Wildman–Crippen MR) is 110 cm³/mol. The summed E-state index contributed by atoms with van der Waals surface area (Å²) in [6.45, 7) is 12.4. The lowest BCUT2D eigenvalue weighted by molar-refractivity contribution is 1.22. The van der Waals surface area contributed by atoms with Gasteiger partial charge in [0.05, 0.1) is 11.6 Å². The summed E-state index contributed by atoms with van der Waals surface area (Å²) in [5.41, 5.74) is 8.45. The Balaban J connectivity index is 0.000000197. The van der Waals surface area contributed by atoms with Crippen molar-refractivity contribution in [2.45, 2.75) is 41.5 Å². The first kappa shape index (κ1) is 21.1. The lowest BCUT2D eigenvalue weighted by atomic mass is 10.1. The zero-order valence-electron chi connectivity index (χ0n) is 16.7. The smallest absolute Gasteiger partial charge is 0.0991 e. The predicted octanol–water partition coefficient (Wildman–Crippen LogP) is 6.18. The van der Waals surface area contributed by atoms with Gasteiger partial charge in [-0.3, -0.25) is 4.98 Å². The summed E-state index contributed by atoms with van der Waals surface area (Å²) in [5, 5.41) is 8.50. The van der Waals surface area contributed by atoms with Gasteiger partial charge in [0.1, 0.15) is 0 Å². The molecule has 0 unspecified atom stereocenters. The van der Waals surface area contributed by atoms with Crippen LogP contribution in [0.4, 0.5) is 0 Å². The van der Waals surface area contributed by atoms with Gasteiger partial charge in [-0.15, -0.1) is 0 Å². The molecule has 2 aromatic carbocycles. The van der Waals surface area contributed by atoms with Gasteiger partial charge in [0.15, 0.2) is 0 Å². The summed E-state index contributed by atoms with van der Waals surface area (Å²) in [6.07, 6.45) is 3.68. The van der Waals surface area contributed by atoms with Crippen LogP contribution in [-0.2, 0) is 0 Å². The lowest BCUT2D eigenvalue weighted by Crippen LogP contribution is -1.81. The van der Waals surface area contributed by atoms with Crippen molar-refractivity contribution in [3.8, 4) is 6.07 Å². The van der Waals surface area contributed by atoms with E-state index in [0.29, 0.717) is 0 Å². The van der Waals surface area contributed by atoms with Crippen LogP contribution in [0.1, 0.15) is 38.9 Å². The number of aryl methyl sites for hydroxylation is 6. The van der Waals surface area contributed by atoms with Gasteiger partial charge in [-0.25, -0.2) is 0 Å². The van der Waals surface area contributed by atoms with Gasteiger partial charge in [-0.1, -0.05) is 30.3 Å². The second kappa shape index (κ2) is 10.8. The fourth-order valence-corrected chi connectivity index (χ4v) is 2.02. The summed E-state index contributed by atoms with van der Waals surface area (Å²) in [4.78, 5) is 3.95. The number of pyridine rings is 1. The van der Waals surface area contributed by atoms with Crippen LogP contribution >= 0.6 is 0 Å². The Hall–Kier alpha value is -2.92. The molecule has 0 aliphatic carbocycles. The average Bonchev–Trinajstić information content (AvgIpc) is 2.63. The van der Waals surface area contributed by atoms with Gasteiger partial charge in [0, 0.05) is 12.4 Å². The number of benzene rings is 2. The number of hydrogen-bond donors (Lipinski definition) is 0. The molecular weight excluding hydrogens is 316 g/mol. The maximum absolute atomic E-state index is 8.50. The molecule has 0 bridgehead atoms. The Kier molecular flexibility index (Phi) is 8.81. The van der Waals surface area contributed by atoms with E-state index in [1.165, 1.54) is 33.4 Å². The maximum atomic E-state index is 8.50. The first-order valence-electron chi connectivity index (χ1n) is 8.72. The zero-order valence-corrected chi connectivity index (χ0v) is 16.7. The Labute approximate surface area is 158 Å². The van der Waals surface area contributed by atoms with E-state index in [0.717, 1.165) is 5.56 Å². The van der Waals surface area contributed by atoms with Crippen molar-refractivity contribution < 1.29 is 0 Å². The molecule has 0 amide bonds. The largest absolute Gasteiger partial charge is 0.264 e. The van der Waals surface area contributed by atoms with Gasteiger partial charge in [-0.05, 0) is 93.1 Å². The second-order valence-corrected chi connectivity index (χ2v) is 6.46. The molecule has 0 N–H and O–H groups in total. The molecule has 0 aliphatic heterocycles. The van der Waals surface area contributed by atoms with Crippen molar-refractivity contribution in [2.24, 2.45) is 0 Å². The van der Waals surface area contributed by atoms with E-state index in [-0.39, 0.29) is 0 Å². The lowest BCUT2D eigenvalue weighted by Gasteiger charge is -1.96. The van der Waals surface area contributed by atoms with Gasteiger partial charge >= 0.3 is 0 Å². The number of nitriles is 1. The van der Waals surface area contributed by atoms with Gasteiger partial charge in [-0.2, -0.15) is 5.26 Å². The van der Waals surface area contributed by atoms with E-state index in [2.05, 4.69) is 63.0 Å². The Morgan fingerprint density at radius 2 is 1.19 bits per heavy atom. The van der Waals surface area contributed by atoms with Crippen LogP contribution < -0.4 is 0 Å². The third-order valence-electron chi connectivity index (χ3n) is 4.36. The molecule has 2 heteroatoms. The maximum Gasteiger partial charge on any atom is 0.0991 e. The average molecular weight is 345 g/mol. The quantitative estimate of drug-likeness (QED) is 0.488. The molecule has 26 heavy (non-hydrogen) atoms. The summed E-state index contributed by atoms with van der Waals surface area (Å²) in [5.74, 6) is 0. The van der Waals surface area contributed by atoms with E-state index < -0.39 is 0 Å². The molecule has 0 atom stereocenters. The zero-order chi connectivity index (χ0) is 19.5. The Morgan fingerprint density at radius 3 is 1.58 bits per heavy atom. The number of rotatable bonds is 0. The van der Waals surface area contributed by atoms with Crippen molar-refractivity contribution in [3.05, 3.63) is 99.9 Å². The summed E-state index contributed by atoms with van der Waals surface area (Å²) in [7, 11) is 0. The number of nitrogens with zero attached hydrogens (tertiary/aromatic N) is 2. The molecule has 0 saturated heterocycles. The van der Waals surface area contributed by atoms with Crippen LogP contribution in [0.5, 0.6) is 0 Å². The minimum absolute atomic E-state index is 0.739. The Bertz CT molecular complexity index is 788. The highest BCUT2D eigenvalue weighted by Gasteiger charge is 1.92. The molecule has 0 radical (unpaired) electrons. The topological polar surface area (TPSA) is 36.7 Å². The van der Waals surface area contributed by atoms with E-state index in [1.54, 1.807) is 0 Å². The minimum atomic E-state index is 0.739. The highest BCUT2D eigenvalue weighted by Crippen LogP contribution is 2.08. The molecule has 0 saturated carbocycles. The van der Waals surface area contributed by atoms with Crippen molar-refractivity contribution in [3.63, 3.8) is 0 Å². The minimum Gasteiger partial charge on any atom is -0.264 e. The standard InChI is InChI=1S/C9H9N.C8H10.C7H9N/c1-7-3-4-9(6-10)5-8(7)2;1-7-5-3-4-6-8(7)2;1-6-3-4-8-5-7(6)2/h3-5H,1-2H3;3-6H,1-2H3;3-5H,1-2H3. The van der Waals surface area contributed by atoms with Crippen molar-refractivity contribution in [1.82, 2.24) is 4.98 Å². The molecule has 1 heterocycles. The summed E-state index contributed by atoms with van der Waals surface area (Å²) in [6, 6.07) is 18.2. The first-order chi connectivity index (χ1) is 12.3. The van der Waals surface area contributed by atoms with E-state index >= 15 is 0 Å². The Morgan fingerprint density at radius 1 is 0.654 bits per heavy atom. The van der Waals surface area contributed by atoms with Crippen LogP contribution in [0.2, 0.25) is 0 Å². The summed E-state index contributed by atoms with van der Waals surface area (Å²) < 4.78 is 0. The third kappa shape index (κ3) is 7.32. The summed E-state index contributed by atoms with van der Waals surface area (Å²) >= 11 is 0. The van der Waals surface area contributed by atoms with E-state index in [4.69, 9.17) is 5.26 Å². The highest BCUT2D eigenvalue weighted by atomic mass is 14.6. The SMILES string of the molecule is Cc1ccc(C#N)cc1C.Cc1ccccc1C.Cc1ccncc1C. The number of hydrogen-bond acceptors (Lipinski definition) is 2. The molecule has 0 fully saturated rings. The molecule has 134 valence electrons. The van der Waals surface area contributed by atoms with Gasteiger partial charge in [0.25, 0.3) is 0 Å². The molecular formula is C24H28N2. The normalized spacial score (nSPS) is 9.12. The monoisotopic (exact) mass is 344 g/mol. The van der Waals surface area contributed by atoms with Gasteiger partial charge < -0.3 is 0 Å². The van der Waals surface area contributed by atoms with Gasteiger partial charge in [0.2, 0.25) is 0 Å². The van der Waals surface area contributed by atoms with Crippen molar-refractivity contribution in [2.75, 3.05) is 0 Å². The molecule has 1 aromatic heterocycles. The fourth-order valence-electron chi connectivity index (χ4n) is 2.02. The molecule has 3 aromatic rings. The van der Waals surface area contributed by atoms with Crippen LogP contribution in [0.3, 0.4) is 0 Å². The van der Waals surface area contributed by atoms with Crippen molar-refractivity contribution >= 4 is 0 Å². The van der Waals surface area contributed by atoms with Crippen molar-refractivity contribution in [1.29, 1.82) is 5.26 Å². The molecule has 3 rings (SSSR count). The van der Waals surface area contributed by atoms with E-state index in [9.17, 15) is 0 Å². The second-order valence-electron chi connectivity index (χ2n) is 6.46. The van der Waals surface area contributed by atoms with Crippen LogP contribution in [0.25, 0.3) is 0 Å². The first-order valence-corrected chi connectivity index (χ1v) is 8.72. The molecule has 0 aliphatic rings.